The molecule has 2 N–H and O–H groups in total. The summed E-state index contributed by atoms with van der Waals surface area (Å²) in [5.74, 6) is 0.706. The fraction of sp³-hybridized carbons (Fsp3) is 0.600. The van der Waals surface area contributed by atoms with E-state index in [0.717, 1.165) is 52.4 Å². The quantitative estimate of drug-likeness (QED) is 0.511. The van der Waals surface area contributed by atoms with Crippen LogP contribution in [0, 0.1) is 0 Å². The van der Waals surface area contributed by atoms with Gasteiger partial charge in [-0.3, -0.25) is 14.6 Å². The lowest BCUT2D eigenvalue weighted by Gasteiger charge is -2.34. The first-order valence-corrected chi connectivity index (χ1v) is 9.79. The highest BCUT2D eigenvalue weighted by Gasteiger charge is 2.16. The molecule has 1 aliphatic heterocycles. The Bertz CT molecular complexity index is 581. The van der Waals surface area contributed by atoms with E-state index in [1.807, 2.05) is 6.92 Å². The molecule has 0 bridgehead atoms. The van der Waals surface area contributed by atoms with Gasteiger partial charge in [0.15, 0.2) is 5.96 Å². The summed E-state index contributed by atoms with van der Waals surface area (Å²) in [6, 6.07) is 10.7. The minimum Gasteiger partial charge on any atom is -0.357 e. The second-order valence-corrected chi connectivity index (χ2v) is 7.01. The van der Waals surface area contributed by atoms with E-state index in [1.165, 1.54) is 5.56 Å². The molecule has 1 aromatic rings. The third-order valence-electron chi connectivity index (χ3n) is 4.65. The van der Waals surface area contributed by atoms with Crippen molar-refractivity contribution in [3.8, 4) is 0 Å². The molecule has 1 aliphatic rings. The molecule has 0 aromatic heterocycles. The maximum absolute atomic E-state index is 11.7. The number of piperazine rings is 1. The number of guanidine groups is 1. The summed E-state index contributed by atoms with van der Waals surface area (Å²) in [5.41, 5.74) is 1.38. The standard InChI is InChI=1S/C20H34N6O/c1-4-21-20(23-16-19(27)24(2)3)22-10-11-25-12-14-26(15-13-25)17-18-8-6-5-7-9-18/h5-9H,4,10-17H2,1-3H3,(H2,21,22,23). The molecule has 7 heteroatoms. The van der Waals surface area contributed by atoms with Gasteiger partial charge in [-0.25, -0.2) is 4.99 Å². The van der Waals surface area contributed by atoms with Gasteiger partial charge in [0.25, 0.3) is 0 Å². The largest absolute Gasteiger partial charge is 0.357 e. The summed E-state index contributed by atoms with van der Waals surface area (Å²) in [7, 11) is 3.49. The Kier molecular flexibility index (Phi) is 9.07. The minimum atomic E-state index is 0.00161. The molecule has 0 radical (unpaired) electrons. The number of rotatable bonds is 8. The van der Waals surface area contributed by atoms with Crippen LogP contribution in [0.2, 0.25) is 0 Å². The monoisotopic (exact) mass is 374 g/mol. The summed E-state index contributed by atoms with van der Waals surface area (Å²) in [5, 5.41) is 6.52. The molecule has 0 spiro atoms. The zero-order chi connectivity index (χ0) is 19.5. The molecule has 2 rings (SSSR count). The van der Waals surface area contributed by atoms with Crippen LogP contribution in [-0.2, 0) is 11.3 Å². The van der Waals surface area contributed by atoms with Gasteiger partial charge >= 0.3 is 0 Å². The predicted octanol–water partition coefficient (Wildman–Crippen LogP) is 0.448. The summed E-state index contributed by atoms with van der Waals surface area (Å²) >= 11 is 0. The van der Waals surface area contributed by atoms with Gasteiger partial charge in [-0.2, -0.15) is 0 Å². The van der Waals surface area contributed by atoms with Crippen molar-refractivity contribution >= 4 is 11.9 Å². The third kappa shape index (κ3) is 7.97. The number of carbonyl (C=O) groups is 1. The Labute approximate surface area is 163 Å². The molecule has 1 saturated heterocycles. The number of amides is 1. The Balaban J connectivity index is 1.67. The van der Waals surface area contributed by atoms with E-state index < -0.39 is 0 Å². The smallest absolute Gasteiger partial charge is 0.243 e. The molecule has 0 unspecified atom stereocenters. The normalized spacial score (nSPS) is 16.2. The molecule has 1 aromatic carbocycles. The van der Waals surface area contributed by atoms with Crippen LogP contribution in [0.25, 0.3) is 0 Å². The van der Waals surface area contributed by atoms with Crippen molar-refractivity contribution in [1.29, 1.82) is 0 Å². The van der Waals surface area contributed by atoms with E-state index in [0.29, 0.717) is 5.96 Å². The van der Waals surface area contributed by atoms with Gasteiger partial charge in [-0.05, 0) is 12.5 Å². The van der Waals surface area contributed by atoms with Gasteiger partial charge in [-0.1, -0.05) is 30.3 Å². The van der Waals surface area contributed by atoms with Gasteiger partial charge < -0.3 is 15.5 Å². The van der Waals surface area contributed by atoms with Crippen molar-refractivity contribution in [3.63, 3.8) is 0 Å². The molecule has 27 heavy (non-hydrogen) atoms. The van der Waals surface area contributed by atoms with Crippen LogP contribution < -0.4 is 10.6 Å². The lowest BCUT2D eigenvalue weighted by atomic mass is 10.2. The van der Waals surface area contributed by atoms with Crippen LogP contribution in [0.5, 0.6) is 0 Å². The minimum absolute atomic E-state index is 0.00161. The first-order valence-electron chi connectivity index (χ1n) is 9.79. The summed E-state index contributed by atoms with van der Waals surface area (Å²) < 4.78 is 0. The molecular formula is C20H34N6O. The Morgan fingerprint density at radius 1 is 1.07 bits per heavy atom. The second kappa shape index (κ2) is 11.6. The Hall–Kier alpha value is -2.12. The average Bonchev–Trinajstić information content (AvgIpc) is 2.68. The van der Waals surface area contributed by atoms with Crippen molar-refractivity contribution in [1.82, 2.24) is 25.3 Å². The molecular weight excluding hydrogens is 340 g/mol. The molecule has 1 fully saturated rings. The number of hydrogen-bond donors (Lipinski definition) is 2. The molecule has 7 nitrogen and oxygen atoms in total. The third-order valence-corrected chi connectivity index (χ3v) is 4.65. The molecule has 1 amide bonds. The van der Waals surface area contributed by atoms with E-state index >= 15 is 0 Å². The summed E-state index contributed by atoms with van der Waals surface area (Å²) in [4.78, 5) is 22.6. The van der Waals surface area contributed by atoms with Crippen LogP contribution in [0.4, 0.5) is 0 Å². The fourth-order valence-corrected chi connectivity index (χ4v) is 2.97. The average molecular weight is 375 g/mol. The van der Waals surface area contributed by atoms with Crippen LogP contribution in [0.1, 0.15) is 12.5 Å². The van der Waals surface area contributed by atoms with E-state index in [9.17, 15) is 4.79 Å². The topological polar surface area (TPSA) is 63.2 Å². The number of hydrogen-bond acceptors (Lipinski definition) is 4. The van der Waals surface area contributed by atoms with Crippen molar-refractivity contribution in [2.45, 2.75) is 13.5 Å². The maximum Gasteiger partial charge on any atom is 0.243 e. The highest BCUT2D eigenvalue weighted by Crippen LogP contribution is 2.07. The zero-order valence-electron chi connectivity index (χ0n) is 16.9. The highest BCUT2D eigenvalue weighted by molar-refractivity contribution is 5.84. The molecule has 150 valence electrons. The van der Waals surface area contributed by atoms with E-state index in [1.54, 1.807) is 19.0 Å². The van der Waals surface area contributed by atoms with E-state index in [-0.39, 0.29) is 12.5 Å². The fourth-order valence-electron chi connectivity index (χ4n) is 2.97. The van der Waals surface area contributed by atoms with Crippen molar-refractivity contribution in [2.75, 3.05) is 66.5 Å². The number of benzene rings is 1. The van der Waals surface area contributed by atoms with Crippen molar-refractivity contribution in [2.24, 2.45) is 4.99 Å². The predicted molar refractivity (Wildman–Crippen MR) is 111 cm³/mol. The number of nitrogens with one attached hydrogen (secondary N) is 2. The molecule has 0 aliphatic carbocycles. The number of nitrogens with zero attached hydrogens (tertiary/aromatic N) is 4. The van der Waals surface area contributed by atoms with Gasteiger partial charge in [0.05, 0.1) is 0 Å². The van der Waals surface area contributed by atoms with Crippen LogP contribution in [0.15, 0.2) is 35.3 Å². The van der Waals surface area contributed by atoms with Crippen molar-refractivity contribution < 1.29 is 4.79 Å². The Morgan fingerprint density at radius 2 is 1.74 bits per heavy atom. The number of likely N-dealkylation sites (N-methyl/N-ethyl adjacent to an activating group) is 1. The first kappa shape index (κ1) is 21.2. The van der Waals surface area contributed by atoms with Gasteiger partial charge in [-0.15, -0.1) is 0 Å². The summed E-state index contributed by atoms with van der Waals surface area (Å²) in [6.45, 7) is 10.2. The molecule has 0 atom stereocenters. The first-order chi connectivity index (χ1) is 13.1. The zero-order valence-corrected chi connectivity index (χ0v) is 16.9. The highest BCUT2D eigenvalue weighted by atomic mass is 16.2. The SMILES string of the molecule is CCNC(=NCC(=O)N(C)C)NCCN1CCN(Cc2ccccc2)CC1. The molecule has 0 saturated carbocycles. The van der Waals surface area contributed by atoms with Gasteiger partial charge in [0, 0.05) is 66.5 Å². The lowest BCUT2D eigenvalue weighted by Crippen LogP contribution is -2.49. The maximum atomic E-state index is 11.7. The Morgan fingerprint density at radius 3 is 2.37 bits per heavy atom. The van der Waals surface area contributed by atoms with Gasteiger partial charge in [0.1, 0.15) is 6.54 Å². The van der Waals surface area contributed by atoms with Gasteiger partial charge in [0.2, 0.25) is 5.91 Å². The molecule has 1 heterocycles. The second-order valence-electron chi connectivity index (χ2n) is 7.01. The van der Waals surface area contributed by atoms with Crippen LogP contribution in [-0.4, -0.2) is 93.0 Å². The van der Waals surface area contributed by atoms with Crippen LogP contribution in [0.3, 0.4) is 0 Å². The number of aliphatic imine (C=N–C) groups is 1. The van der Waals surface area contributed by atoms with E-state index in [2.05, 4.69) is 55.8 Å². The number of carbonyl (C=O) groups excluding carboxylic acids is 1. The van der Waals surface area contributed by atoms with Crippen LogP contribution >= 0.6 is 0 Å². The lowest BCUT2D eigenvalue weighted by molar-refractivity contribution is -0.127. The van der Waals surface area contributed by atoms with E-state index in [4.69, 9.17) is 0 Å². The van der Waals surface area contributed by atoms with Crippen molar-refractivity contribution in [3.05, 3.63) is 35.9 Å². The summed E-state index contributed by atoms with van der Waals surface area (Å²) in [6.07, 6.45) is 0.